The van der Waals surface area contributed by atoms with Gasteiger partial charge >= 0.3 is 0 Å². The van der Waals surface area contributed by atoms with Crippen LogP contribution in [0, 0.1) is 17.0 Å². The predicted molar refractivity (Wildman–Crippen MR) is 168 cm³/mol. The molecule has 240 valence electrons. The number of aromatic nitrogens is 6. The van der Waals surface area contributed by atoms with Crippen LogP contribution in [0.5, 0.6) is 5.88 Å². The van der Waals surface area contributed by atoms with Crippen molar-refractivity contribution in [3.63, 3.8) is 0 Å². The first-order valence-corrected chi connectivity index (χ1v) is 16.0. The number of halogens is 2. The lowest BCUT2D eigenvalue weighted by Gasteiger charge is -2.47. The second-order valence-electron chi connectivity index (χ2n) is 11.5. The summed E-state index contributed by atoms with van der Waals surface area (Å²) >= 11 is 0. The number of fused-ring (bicyclic) bond motifs is 1. The second-order valence-corrected chi connectivity index (χ2v) is 13.1. The molecular formula is C31H27F2N9O4S. The van der Waals surface area contributed by atoms with Crippen molar-refractivity contribution >= 4 is 44.5 Å². The van der Waals surface area contributed by atoms with Gasteiger partial charge in [-0.15, -0.1) is 5.10 Å². The fourth-order valence-corrected chi connectivity index (χ4v) is 7.16. The molecule has 2 aromatic carbocycles. The van der Waals surface area contributed by atoms with Crippen molar-refractivity contribution in [3.8, 4) is 17.0 Å². The average Bonchev–Trinajstić information content (AvgIpc) is 3.73. The zero-order chi connectivity index (χ0) is 32.8. The maximum absolute atomic E-state index is 14.4. The molecule has 2 saturated heterocycles. The fraction of sp³-hybridized carbons (Fsp3) is 0.226. The number of amides is 1. The number of ether oxygens (including phenoxy) is 1. The normalized spacial score (nSPS) is 15.8. The molecule has 0 atom stereocenters. The van der Waals surface area contributed by atoms with Gasteiger partial charge in [-0.25, -0.2) is 36.8 Å². The number of sulfonamides is 1. The van der Waals surface area contributed by atoms with Gasteiger partial charge in [0.1, 0.15) is 34.4 Å². The Morgan fingerprint density at radius 1 is 1.04 bits per heavy atom. The Balaban J connectivity index is 1.12. The molecule has 2 fully saturated rings. The van der Waals surface area contributed by atoms with E-state index in [0.29, 0.717) is 30.3 Å². The molecule has 0 bridgehead atoms. The van der Waals surface area contributed by atoms with Crippen LogP contribution >= 0.6 is 0 Å². The minimum atomic E-state index is -4.45. The highest BCUT2D eigenvalue weighted by Gasteiger charge is 2.49. The fourth-order valence-electron chi connectivity index (χ4n) is 6.05. The molecule has 16 heteroatoms. The van der Waals surface area contributed by atoms with Gasteiger partial charge in [0.15, 0.2) is 0 Å². The first-order chi connectivity index (χ1) is 22.6. The summed E-state index contributed by atoms with van der Waals surface area (Å²) in [6, 6.07) is 9.31. The Morgan fingerprint density at radius 2 is 1.89 bits per heavy atom. The largest absolute Gasteiger partial charge is 0.480 e. The van der Waals surface area contributed by atoms with Crippen LogP contribution in [0.25, 0.3) is 28.2 Å². The summed E-state index contributed by atoms with van der Waals surface area (Å²) in [5, 5.41) is 8.34. The van der Waals surface area contributed by atoms with Crippen LogP contribution in [-0.2, 0) is 14.8 Å². The zero-order valence-corrected chi connectivity index (χ0v) is 25.7. The Bertz CT molecular complexity index is 2140. The number of anilines is 2. The Morgan fingerprint density at radius 3 is 2.66 bits per heavy atom. The maximum Gasteiger partial charge on any atom is 0.264 e. The molecule has 1 N–H and O–H groups in total. The lowest BCUT2D eigenvalue weighted by Crippen LogP contribution is -2.59. The molecule has 0 aliphatic carbocycles. The van der Waals surface area contributed by atoms with E-state index in [9.17, 15) is 22.0 Å². The molecule has 0 saturated carbocycles. The number of hydrogen-bond donors (Lipinski definition) is 1. The van der Waals surface area contributed by atoms with Gasteiger partial charge in [-0.05, 0) is 42.3 Å². The molecule has 13 nitrogen and oxygen atoms in total. The van der Waals surface area contributed by atoms with Crippen LogP contribution in [-0.4, -0.2) is 82.5 Å². The number of pyridine rings is 1. The number of carbonyl (C=O) groups is 1. The van der Waals surface area contributed by atoms with Gasteiger partial charge in [0, 0.05) is 67.1 Å². The summed E-state index contributed by atoms with van der Waals surface area (Å²) in [7, 11) is -3.12. The summed E-state index contributed by atoms with van der Waals surface area (Å²) in [5.41, 5.74) is 1.90. The van der Waals surface area contributed by atoms with Crippen molar-refractivity contribution in [1.29, 1.82) is 0 Å². The Labute approximate surface area is 267 Å². The molecule has 2 aliphatic rings. The Hall–Kier alpha value is -5.51. The number of benzene rings is 2. The lowest BCUT2D eigenvalue weighted by atomic mass is 9.79. The van der Waals surface area contributed by atoms with Gasteiger partial charge in [-0.2, -0.15) is 0 Å². The summed E-state index contributed by atoms with van der Waals surface area (Å²) in [5.74, 6) is -1.50. The van der Waals surface area contributed by atoms with Gasteiger partial charge in [-0.1, -0.05) is 11.3 Å². The van der Waals surface area contributed by atoms with Crippen LogP contribution in [0.1, 0.15) is 6.42 Å². The van der Waals surface area contributed by atoms with Gasteiger partial charge in [-0.3, -0.25) is 9.52 Å². The second kappa shape index (κ2) is 11.7. The quantitative estimate of drug-likeness (QED) is 0.245. The van der Waals surface area contributed by atoms with E-state index in [1.54, 1.807) is 17.3 Å². The minimum absolute atomic E-state index is 0.0277. The number of nitrogens with zero attached hydrogens (tertiary/aromatic N) is 8. The molecule has 1 amide bonds. The molecule has 0 unspecified atom stereocenters. The smallest absolute Gasteiger partial charge is 0.264 e. The van der Waals surface area contributed by atoms with E-state index >= 15 is 0 Å². The van der Waals surface area contributed by atoms with E-state index in [0.717, 1.165) is 48.4 Å². The third-order valence-electron chi connectivity index (χ3n) is 8.33. The number of rotatable bonds is 8. The van der Waals surface area contributed by atoms with E-state index < -0.39 is 26.6 Å². The highest BCUT2D eigenvalue weighted by molar-refractivity contribution is 7.92. The van der Waals surface area contributed by atoms with Crippen molar-refractivity contribution in [3.05, 3.63) is 85.1 Å². The molecule has 47 heavy (non-hydrogen) atoms. The van der Waals surface area contributed by atoms with Crippen LogP contribution in [0.2, 0.25) is 0 Å². The third kappa shape index (κ3) is 5.82. The van der Waals surface area contributed by atoms with E-state index in [1.165, 1.54) is 42.7 Å². The minimum Gasteiger partial charge on any atom is -0.480 e. The van der Waals surface area contributed by atoms with Crippen molar-refractivity contribution in [2.45, 2.75) is 11.3 Å². The molecule has 5 aromatic rings. The van der Waals surface area contributed by atoms with Gasteiger partial charge in [0.05, 0.1) is 25.0 Å². The Kier molecular flexibility index (Phi) is 7.50. The predicted octanol–water partition coefficient (Wildman–Crippen LogP) is 3.58. The van der Waals surface area contributed by atoms with Crippen molar-refractivity contribution in [2.24, 2.45) is 5.41 Å². The first-order valence-electron chi connectivity index (χ1n) is 14.5. The number of nitrogens with one attached hydrogen (secondary N) is 1. The van der Waals surface area contributed by atoms with E-state index in [4.69, 9.17) is 4.74 Å². The molecular weight excluding hydrogens is 632 g/mol. The highest BCUT2D eigenvalue weighted by atomic mass is 32.2. The molecule has 0 radical (unpaired) electrons. The number of carbonyl (C=O) groups excluding carboxylic acids is 1. The number of likely N-dealkylation sites (tertiary alicyclic amines) is 1. The monoisotopic (exact) mass is 659 g/mol. The van der Waals surface area contributed by atoms with Crippen molar-refractivity contribution in [1.82, 2.24) is 34.8 Å². The van der Waals surface area contributed by atoms with Crippen molar-refractivity contribution < 1.29 is 26.7 Å². The summed E-state index contributed by atoms with van der Waals surface area (Å²) < 4.78 is 62.9. The molecule has 1 spiro atoms. The average molecular weight is 660 g/mol. The summed E-state index contributed by atoms with van der Waals surface area (Å²) in [6.07, 6.45) is 10.2. The van der Waals surface area contributed by atoms with Crippen LogP contribution in [0.3, 0.4) is 0 Å². The topological polar surface area (TPSA) is 148 Å². The number of methoxy groups -OCH3 is 1. The molecule has 7 rings (SSSR count). The van der Waals surface area contributed by atoms with E-state index in [2.05, 4.69) is 34.9 Å². The van der Waals surface area contributed by atoms with Crippen molar-refractivity contribution in [2.75, 3.05) is 42.9 Å². The SMILES string of the molecule is COc1ncc(-c2ccc3ncnc(N4CCC5(CN(C(=O)/C=C/n6ccnn6)C5)C4)c3c2)cc1NS(=O)(=O)c1ccc(F)cc1F. The molecule has 5 heterocycles. The number of hydrogen-bond acceptors (Lipinski definition) is 10. The molecule has 2 aliphatic heterocycles. The molecule has 3 aromatic heterocycles. The summed E-state index contributed by atoms with van der Waals surface area (Å²) in [4.78, 5) is 29.3. The summed E-state index contributed by atoms with van der Waals surface area (Å²) in [6.45, 7) is 2.74. The van der Waals surface area contributed by atoms with E-state index in [-0.39, 0.29) is 22.9 Å². The van der Waals surface area contributed by atoms with Crippen LogP contribution < -0.4 is 14.4 Å². The first kappa shape index (κ1) is 30.2. The standard InChI is InChI=1S/C31H27F2N9O4S/c1-46-30-26(38-47(44,45)27-5-3-22(32)14-24(27)33)13-21(15-34-30)20-2-4-25-23(12-20)29(36-19-35-25)40-10-7-31(16-40)17-41(18-31)28(43)6-9-42-11-8-37-39-42/h2-6,8-9,11-15,19,38H,7,10,16-18H2,1H3/b9-6+. The van der Waals surface area contributed by atoms with Crippen LogP contribution in [0.4, 0.5) is 20.3 Å². The lowest BCUT2D eigenvalue weighted by molar-refractivity contribution is -0.136. The highest BCUT2D eigenvalue weighted by Crippen LogP contribution is 2.42. The van der Waals surface area contributed by atoms with E-state index in [1.807, 2.05) is 18.2 Å². The zero-order valence-electron chi connectivity index (χ0n) is 24.9. The van der Waals surface area contributed by atoms with Gasteiger partial charge < -0.3 is 14.5 Å². The maximum atomic E-state index is 14.4. The third-order valence-corrected chi connectivity index (χ3v) is 9.73. The van der Waals surface area contributed by atoms with Crippen LogP contribution in [0.15, 0.2) is 78.4 Å². The van der Waals surface area contributed by atoms with Gasteiger partial charge in [0.25, 0.3) is 10.0 Å². The van der Waals surface area contributed by atoms with Gasteiger partial charge in [0.2, 0.25) is 11.8 Å².